The lowest BCUT2D eigenvalue weighted by atomic mass is 10.0. The zero-order valence-corrected chi connectivity index (χ0v) is 23.6. The van der Waals surface area contributed by atoms with E-state index < -0.39 is 75.2 Å². The van der Waals surface area contributed by atoms with E-state index >= 15 is 0 Å². The van der Waals surface area contributed by atoms with E-state index in [4.69, 9.17) is 0 Å². The quantitative estimate of drug-likeness (QED) is 0.115. The molecule has 0 aliphatic carbocycles. The molecule has 4 aromatic rings. The molecule has 12 heteroatoms. The molecule has 0 bridgehead atoms. The van der Waals surface area contributed by atoms with Crippen LogP contribution in [0.5, 0.6) is 5.75 Å². The van der Waals surface area contributed by atoms with Crippen LogP contribution in [-0.2, 0) is 25.1 Å². The van der Waals surface area contributed by atoms with Gasteiger partial charge in [-0.2, -0.15) is 22.0 Å². The molecular formula is C34H23F11O. The normalized spacial score (nSPS) is 12.6. The summed E-state index contributed by atoms with van der Waals surface area (Å²) in [6.45, 7) is 3.45. The third-order valence-corrected chi connectivity index (χ3v) is 6.89. The Labute approximate surface area is 256 Å². The lowest BCUT2D eigenvalue weighted by molar-refractivity contribution is -0.187. The van der Waals surface area contributed by atoms with Crippen LogP contribution >= 0.6 is 0 Å². The average Bonchev–Trinajstić information content (AvgIpc) is 2.97. The number of hydrogen-bond donors (Lipinski definition) is 0. The Bertz CT molecular complexity index is 1730. The van der Waals surface area contributed by atoms with Crippen LogP contribution < -0.4 is 4.74 Å². The van der Waals surface area contributed by atoms with Crippen LogP contribution in [0, 0.1) is 23.3 Å². The molecule has 0 fully saturated rings. The lowest BCUT2D eigenvalue weighted by Gasteiger charge is -2.20. The maximum Gasteiger partial charge on any atom is 0.429 e. The first kappa shape index (κ1) is 34.3. The molecular weight excluding hydrogens is 633 g/mol. The van der Waals surface area contributed by atoms with Gasteiger partial charge in [0.15, 0.2) is 5.83 Å². The number of benzene rings is 4. The summed E-state index contributed by atoms with van der Waals surface area (Å²) in [6, 6.07) is 11.2. The standard InChI is InChI=1S/C34H23F11O/c1-2-3-4-26(35)32(40)21-10-7-19(8-11-21)5-6-20-9-14-25(28(37)15-20)34(44,45)46-23-12-13-24(27(36)18-23)22-16-29(38)31(30(39)17-22)33(41,42)43/h2,7-18H,1,3-6H2. The number of alkyl halides is 5. The molecule has 0 amide bonds. The van der Waals surface area contributed by atoms with Gasteiger partial charge in [-0.15, -0.1) is 6.58 Å². The molecule has 4 rings (SSSR count). The minimum absolute atomic E-state index is 0.0415. The van der Waals surface area contributed by atoms with Gasteiger partial charge in [-0.05, 0) is 72.4 Å². The molecule has 0 aliphatic rings. The van der Waals surface area contributed by atoms with E-state index in [-0.39, 0.29) is 37.0 Å². The van der Waals surface area contributed by atoms with Crippen molar-refractivity contribution in [1.82, 2.24) is 0 Å². The van der Waals surface area contributed by atoms with Crippen molar-refractivity contribution in [2.24, 2.45) is 0 Å². The Morgan fingerprint density at radius 1 is 0.696 bits per heavy atom. The van der Waals surface area contributed by atoms with Crippen molar-refractivity contribution in [3.8, 4) is 16.9 Å². The van der Waals surface area contributed by atoms with E-state index in [9.17, 15) is 48.3 Å². The van der Waals surface area contributed by atoms with E-state index in [2.05, 4.69) is 11.3 Å². The highest BCUT2D eigenvalue weighted by molar-refractivity contribution is 5.66. The molecule has 0 atom stereocenters. The van der Waals surface area contributed by atoms with Crippen molar-refractivity contribution < 1.29 is 53.0 Å². The Balaban J connectivity index is 1.44. The molecule has 1 nitrogen and oxygen atoms in total. The van der Waals surface area contributed by atoms with Gasteiger partial charge in [0, 0.05) is 23.6 Å². The fourth-order valence-corrected chi connectivity index (χ4v) is 4.55. The van der Waals surface area contributed by atoms with E-state index in [0.29, 0.717) is 23.6 Å². The van der Waals surface area contributed by atoms with Crippen LogP contribution in [0.25, 0.3) is 17.0 Å². The van der Waals surface area contributed by atoms with Crippen molar-refractivity contribution in [2.45, 2.75) is 38.0 Å². The summed E-state index contributed by atoms with van der Waals surface area (Å²) >= 11 is 0. The van der Waals surface area contributed by atoms with Gasteiger partial charge in [-0.3, -0.25) is 0 Å². The Hall–Kier alpha value is -4.61. The highest BCUT2D eigenvalue weighted by Gasteiger charge is 2.39. The molecule has 0 saturated carbocycles. The average molecular weight is 657 g/mol. The zero-order chi connectivity index (χ0) is 33.8. The van der Waals surface area contributed by atoms with E-state index in [1.807, 2.05) is 0 Å². The first-order chi connectivity index (χ1) is 21.6. The Kier molecular flexibility index (Phi) is 10.3. The lowest BCUT2D eigenvalue weighted by Crippen LogP contribution is -2.23. The minimum Gasteiger partial charge on any atom is -0.429 e. The van der Waals surface area contributed by atoms with Crippen LogP contribution in [0.2, 0.25) is 0 Å². The molecule has 242 valence electrons. The van der Waals surface area contributed by atoms with Crippen molar-refractivity contribution in [3.05, 3.63) is 142 Å². The van der Waals surface area contributed by atoms with Gasteiger partial charge in [-0.25, -0.2) is 26.3 Å². The molecule has 0 heterocycles. The predicted octanol–water partition coefficient (Wildman–Crippen LogP) is 11.4. The van der Waals surface area contributed by atoms with E-state index in [1.165, 1.54) is 24.3 Å². The Morgan fingerprint density at radius 3 is 1.87 bits per heavy atom. The van der Waals surface area contributed by atoms with Crippen LogP contribution in [0.15, 0.2) is 91.3 Å². The molecule has 0 saturated heterocycles. The van der Waals surface area contributed by atoms with Gasteiger partial charge in [0.25, 0.3) is 0 Å². The third-order valence-electron chi connectivity index (χ3n) is 6.89. The van der Waals surface area contributed by atoms with Crippen molar-refractivity contribution >= 4 is 5.83 Å². The number of halogens is 11. The number of rotatable bonds is 11. The number of allylic oxidation sites excluding steroid dienone is 2. The van der Waals surface area contributed by atoms with Crippen LogP contribution in [-0.4, -0.2) is 0 Å². The number of hydrogen-bond acceptors (Lipinski definition) is 1. The van der Waals surface area contributed by atoms with Crippen molar-refractivity contribution in [2.75, 3.05) is 0 Å². The van der Waals surface area contributed by atoms with Crippen molar-refractivity contribution in [1.29, 1.82) is 0 Å². The molecule has 0 radical (unpaired) electrons. The molecule has 0 unspecified atom stereocenters. The van der Waals surface area contributed by atoms with Crippen molar-refractivity contribution in [3.63, 3.8) is 0 Å². The molecule has 0 spiro atoms. The van der Waals surface area contributed by atoms with Crippen LogP contribution in [0.1, 0.15) is 40.7 Å². The summed E-state index contributed by atoms with van der Waals surface area (Å²) < 4.78 is 158. The maximum absolute atomic E-state index is 14.9. The summed E-state index contributed by atoms with van der Waals surface area (Å²) in [7, 11) is 0. The smallest absolute Gasteiger partial charge is 0.429 e. The van der Waals surface area contributed by atoms with Gasteiger partial charge < -0.3 is 4.74 Å². The summed E-state index contributed by atoms with van der Waals surface area (Å²) in [6.07, 6.45) is -7.52. The van der Waals surface area contributed by atoms with Gasteiger partial charge in [0.2, 0.25) is 0 Å². The first-order valence-corrected chi connectivity index (χ1v) is 13.6. The first-order valence-electron chi connectivity index (χ1n) is 13.6. The highest BCUT2D eigenvalue weighted by Crippen LogP contribution is 2.38. The maximum atomic E-state index is 14.9. The summed E-state index contributed by atoms with van der Waals surface area (Å²) in [4.78, 5) is 0. The number of aryl methyl sites for hydroxylation is 2. The van der Waals surface area contributed by atoms with Gasteiger partial charge >= 0.3 is 12.3 Å². The highest BCUT2D eigenvalue weighted by atomic mass is 19.4. The topological polar surface area (TPSA) is 9.23 Å². The second-order valence-corrected chi connectivity index (χ2v) is 10.1. The van der Waals surface area contributed by atoms with Crippen LogP contribution in [0.3, 0.4) is 0 Å². The fraction of sp³-hybridized carbons (Fsp3) is 0.176. The van der Waals surface area contributed by atoms with E-state index in [0.717, 1.165) is 24.3 Å². The SMILES string of the molecule is C=CCCC(F)=C(F)c1ccc(CCc2ccc(C(F)(F)Oc3ccc(-c4cc(F)c(C(F)(F)F)c(F)c4)c(F)c3)c(F)c2)cc1. The monoisotopic (exact) mass is 656 g/mol. The number of ether oxygens (including phenoxy) is 1. The molecule has 0 aromatic heterocycles. The molecule has 0 aliphatic heterocycles. The zero-order valence-electron chi connectivity index (χ0n) is 23.6. The summed E-state index contributed by atoms with van der Waals surface area (Å²) in [5.41, 5.74) is -3.53. The molecule has 46 heavy (non-hydrogen) atoms. The van der Waals surface area contributed by atoms with Gasteiger partial charge in [0.05, 0.1) is 5.56 Å². The second-order valence-electron chi connectivity index (χ2n) is 10.1. The second kappa shape index (κ2) is 13.8. The predicted molar refractivity (Wildman–Crippen MR) is 150 cm³/mol. The minimum atomic E-state index is -5.35. The molecule has 0 N–H and O–H groups in total. The van der Waals surface area contributed by atoms with Gasteiger partial charge in [-0.1, -0.05) is 36.4 Å². The largest absolute Gasteiger partial charge is 0.429 e. The van der Waals surface area contributed by atoms with Crippen LogP contribution in [0.4, 0.5) is 48.3 Å². The summed E-state index contributed by atoms with van der Waals surface area (Å²) in [5, 5.41) is 0. The molecule has 4 aromatic carbocycles. The summed E-state index contributed by atoms with van der Waals surface area (Å²) in [5.74, 6) is -9.39. The fourth-order valence-electron chi connectivity index (χ4n) is 4.55. The van der Waals surface area contributed by atoms with E-state index in [1.54, 1.807) is 12.1 Å². The third kappa shape index (κ3) is 7.96. The van der Waals surface area contributed by atoms with Gasteiger partial charge in [0.1, 0.15) is 40.4 Å². The Morgan fingerprint density at radius 2 is 1.30 bits per heavy atom.